The molecule has 1 aliphatic carbocycles. The Labute approximate surface area is 261 Å². The van der Waals surface area contributed by atoms with Gasteiger partial charge in [-0.05, 0) is 61.1 Å². The molecule has 0 amide bonds. The number of aromatic nitrogens is 2. The minimum atomic E-state index is 0.993. The Bertz CT molecular complexity index is 1370. The summed E-state index contributed by atoms with van der Waals surface area (Å²) in [4.78, 5) is 4.79. The topological polar surface area (TPSA) is 14.2 Å². The summed E-state index contributed by atoms with van der Waals surface area (Å²) < 4.78 is 4.37. The van der Waals surface area contributed by atoms with E-state index in [9.17, 15) is 0 Å². The molecule has 4 nitrogen and oxygen atoms in total. The van der Waals surface area contributed by atoms with Gasteiger partial charge in [-0.2, -0.15) is 0 Å². The summed E-state index contributed by atoms with van der Waals surface area (Å²) >= 11 is 0. The number of anilines is 1. The van der Waals surface area contributed by atoms with Gasteiger partial charge in [0.2, 0.25) is 0 Å². The molecule has 0 fully saturated rings. The van der Waals surface area contributed by atoms with Crippen LogP contribution >= 0.6 is 21.6 Å². The van der Waals surface area contributed by atoms with Crippen molar-refractivity contribution in [2.24, 2.45) is 0 Å². The number of para-hydroxylation sites is 1. The second-order valence-electron chi connectivity index (χ2n) is 10.5. The Kier molecular flexibility index (Phi) is 12.9. The fraction of sp³-hybridized carbons (Fsp3) is 0.333. The number of hydrogen-bond acceptors (Lipinski definition) is 4. The van der Waals surface area contributed by atoms with Crippen LogP contribution in [0, 0.1) is 0 Å². The van der Waals surface area contributed by atoms with E-state index in [1.165, 1.54) is 33.6 Å². The third-order valence-corrected chi connectivity index (χ3v) is 9.91. The number of benzene rings is 1. The van der Waals surface area contributed by atoms with Crippen LogP contribution in [0.15, 0.2) is 103 Å². The van der Waals surface area contributed by atoms with Crippen LogP contribution in [0.25, 0.3) is 18.2 Å². The van der Waals surface area contributed by atoms with Gasteiger partial charge in [0.25, 0.3) is 0 Å². The van der Waals surface area contributed by atoms with Gasteiger partial charge < -0.3 is 9.80 Å². The summed E-state index contributed by atoms with van der Waals surface area (Å²) in [6.07, 6.45) is 24.4. The normalized spacial score (nSPS) is 13.4. The second kappa shape index (κ2) is 17.0. The quantitative estimate of drug-likeness (QED) is 0.102. The summed E-state index contributed by atoms with van der Waals surface area (Å²) in [5.41, 5.74) is 7.78. The molecule has 0 saturated carbocycles. The van der Waals surface area contributed by atoms with Crippen molar-refractivity contribution < 1.29 is 9.13 Å². The molecule has 3 aromatic rings. The Hall–Kier alpha value is -3.22. The fourth-order valence-electron chi connectivity index (χ4n) is 4.86. The van der Waals surface area contributed by atoms with Crippen molar-refractivity contribution in [3.63, 3.8) is 0 Å². The Morgan fingerprint density at radius 3 is 1.90 bits per heavy atom. The molecule has 2 aromatic heterocycles. The van der Waals surface area contributed by atoms with Crippen LogP contribution in [0.1, 0.15) is 43.4 Å². The van der Waals surface area contributed by atoms with E-state index in [0.717, 1.165) is 50.5 Å². The van der Waals surface area contributed by atoms with Crippen LogP contribution in [0.3, 0.4) is 0 Å². The van der Waals surface area contributed by atoms with Crippen molar-refractivity contribution in [1.82, 2.24) is 4.90 Å². The zero-order valence-corrected chi connectivity index (χ0v) is 27.3. The molecule has 0 unspecified atom stereocenters. The monoisotopic (exact) mass is 598 g/mol. The van der Waals surface area contributed by atoms with Crippen LogP contribution in [-0.4, -0.2) is 43.6 Å². The first-order chi connectivity index (χ1) is 20.6. The summed E-state index contributed by atoms with van der Waals surface area (Å²) in [7, 11) is 8.38. The Balaban J connectivity index is 1.22. The maximum Gasteiger partial charge on any atom is 0.169 e. The number of rotatable bonds is 15. The van der Waals surface area contributed by atoms with Crippen LogP contribution in [0.4, 0.5) is 5.69 Å². The molecular formula is C36H46N4S2+2. The lowest BCUT2D eigenvalue weighted by Crippen LogP contribution is -2.30. The number of pyridine rings is 2. The summed E-state index contributed by atoms with van der Waals surface area (Å²) in [6.45, 7) is 8.37. The minimum Gasteiger partial charge on any atom is -0.374 e. The molecule has 1 aliphatic rings. The van der Waals surface area contributed by atoms with Gasteiger partial charge in [-0.25, -0.2) is 9.13 Å². The lowest BCUT2D eigenvalue weighted by Gasteiger charge is -2.25. The first kappa shape index (κ1) is 31.7. The van der Waals surface area contributed by atoms with Gasteiger partial charge in [-0.3, -0.25) is 0 Å². The van der Waals surface area contributed by atoms with Crippen molar-refractivity contribution in [2.45, 2.75) is 39.8 Å². The summed E-state index contributed by atoms with van der Waals surface area (Å²) in [6, 6.07) is 17.4. The molecule has 0 radical (unpaired) electrons. The predicted octanol–water partition coefficient (Wildman–Crippen LogP) is 7.54. The van der Waals surface area contributed by atoms with E-state index in [1.807, 2.05) is 21.6 Å². The summed E-state index contributed by atoms with van der Waals surface area (Å²) in [5, 5.41) is 0. The Morgan fingerprint density at radius 1 is 0.714 bits per heavy atom. The highest BCUT2D eigenvalue weighted by molar-refractivity contribution is 8.76. The molecule has 0 atom stereocenters. The SMILES string of the molecule is CC[n+]1ccc(/C=C/C2=C(N(C)CCSSCCN(C)c3ccccc3/C=C/c3cc[n+](CC)cc3)C=CCC2)cc1. The molecular weight excluding hydrogens is 553 g/mol. The van der Waals surface area contributed by atoms with Gasteiger partial charge in [0.15, 0.2) is 24.8 Å². The van der Waals surface area contributed by atoms with Crippen LogP contribution in [-0.2, 0) is 13.1 Å². The molecule has 220 valence electrons. The van der Waals surface area contributed by atoms with E-state index < -0.39 is 0 Å². The molecule has 0 aliphatic heterocycles. The van der Waals surface area contributed by atoms with Gasteiger partial charge in [-0.1, -0.05) is 70.2 Å². The van der Waals surface area contributed by atoms with E-state index in [2.05, 4.69) is 157 Å². The van der Waals surface area contributed by atoms with Gasteiger partial charge in [0.1, 0.15) is 13.1 Å². The summed E-state index contributed by atoms with van der Waals surface area (Å²) in [5.74, 6) is 2.19. The first-order valence-electron chi connectivity index (χ1n) is 15.1. The number of hydrogen-bond donors (Lipinski definition) is 0. The third kappa shape index (κ3) is 9.67. The first-order valence-corrected chi connectivity index (χ1v) is 17.6. The standard InChI is InChI=1S/C36H46N4S2/c1-5-39-23-19-31(20-24-39)15-17-33-11-7-9-13-35(33)37(3)27-29-41-42-30-28-38(4)36-14-10-8-12-34(36)18-16-32-21-25-40(6-2)26-22-32/h7,9-11,13-26H,5-6,8,12,27-30H2,1-4H3/q+2. The van der Waals surface area contributed by atoms with E-state index in [0.29, 0.717) is 0 Å². The Morgan fingerprint density at radius 2 is 1.29 bits per heavy atom. The molecule has 0 saturated heterocycles. The smallest absolute Gasteiger partial charge is 0.169 e. The van der Waals surface area contributed by atoms with Crippen molar-refractivity contribution in [2.75, 3.05) is 43.6 Å². The average Bonchev–Trinajstić information content (AvgIpc) is 3.05. The third-order valence-electron chi connectivity index (χ3n) is 7.54. The maximum absolute atomic E-state index is 2.42. The average molecular weight is 599 g/mol. The molecule has 6 heteroatoms. The van der Waals surface area contributed by atoms with E-state index >= 15 is 0 Å². The largest absolute Gasteiger partial charge is 0.374 e. The van der Waals surface area contributed by atoms with E-state index in [1.54, 1.807) is 0 Å². The van der Waals surface area contributed by atoms with Crippen molar-refractivity contribution in [1.29, 1.82) is 0 Å². The van der Waals surface area contributed by atoms with Gasteiger partial charge >= 0.3 is 0 Å². The van der Waals surface area contributed by atoms with E-state index in [-0.39, 0.29) is 0 Å². The molecule has 0 bridgehead atoms. The maximum atomic E-state index is 2.42. The highest BCUT2D eigenvalue weighted by Gasteiger charge is 2.11. The zero-order valence-electron chi connectivity index (χ0n) is 25.7. The molecule has 0 N–H and O–H groups in total. The number of nitrogens with zero attached hydrogens (tertiary/aromatic N) is 4. The predicted molar refractivity (Wildman–Crippen MR) is 185 cm³/mol. The van der Waals surface area contributed by atoms with Gasteiger partial charge in [0.05, 0.1) is 0 Å². The van der Waals surface area contributed by atoms with Gasteiger partial charge in [-0.15, -0.1) is 0 Å². The van der Waals surface area contributed by atoms with Crippen LogP contribution in [0.5, 0.6) is 0 Å². The van der Waals surface area contributed by atoms with Gasteiger partial charge in [0, 0.05) is 74.3 Å². The van der Waals surface area contributed by atoms with Crippen LogP contribution < -0.4 is 14.0 Å². The lowest BCUT2D eigenvalue weighted by molar-refractivity contribution is -0.693. The highest BCUT2D eigenvalue weighted by atomic mass is 33.1. The minimum absolute atomic E-state index is 0.993. The van der Waals surface area contributed by atoms with E-state index in [4.69, 9.17) is 0 Å². The van der Waals surface area contributed by atoms with Crippen molar-refractivity contribution in [3.05, 3.63) is 120 Å². The molecule has 4 rings (SSSR count). The molecule has 0 spiro atoms. The number of aryl methyl sites for hydroxylation is 2. The molecule has 1 aromatic carbocycles. The zero-order chi connectivity index (χ0) is 29.6. The molecule has 2 heterocycles. The highest BCUT2D eigenvalue weighted by Crippen LogP contribution is 2.27. The van der Waals surface area contributed by atoms with Crippen molar-refractivity contribution in [3.8, 4) is 0 Å². The molecule has 42 heavy (non-hydrogen) atoms. The number of likely N-dealkylation sites (N-methyl/N-ethyl adjacent to an activating group) is 1. The van der Waals surface area contributed by atoms with Crippen molar-refractivity contribution >= 4 is 45.5 Å². The second-order valence-corrected chi connectivity index (χ2v) is 13.2. The fourth-order valence-corrected chi connectivity index (χ4v) is 6.94. The lowest BCUT2D eigenvalue weighted by atomic mass is 10.00. The number of allylic oxidation sites excluding steroid dienone is 4. The van der Waals surface area contributed by atoms with Crippen LogP contribution in [0.2, 0.25) is 0 Å².